The Bertz CT molecular complexity index is 588. The highest BCUT2D eigenvalue weighted by Crippen LogP contribution is 2.14. The summed E-state index contributed by atoms with van der Waals surface area (Å²) in [6, 6.07) is 5.89. The molecule has 0 spiro atoms. The number of alkyl halides is 3. The van der Waals surface area contributed by atoms with Gasteiger partial charge in [-0.25, -0.2) is 0 Å². The van der Waals surface area contributed by atoms with E-state index in [0.29, 0.717) is 0 Å². The van der Waals surface area contributed by atoms with Crippen LogP contribution in [0.2, 0.25) is 0 Å². The number of hydrogen-bond donors (Lipinski definition) is 2. The van der Waals surface area contributed by atoms with Gasteiger partial charge in [-0.05, 0) is 24.6 Å². The second-order valence-electron chi connectivity index (χ2n) is 4.48. The lowest BCUT2D eigenvalue weighted by Gasteiger charge is -2.09. The van der Waals surface area contributed by atoms with Gasteiger partial charge in [0.25, 0.3) is 5.91 Å². The summed E-state index contributed by atoms with van der Waals surface area (Å²) in [5, 5.41) is 4.17. The summed E-state index contributed by atoms with van der Waals surface area (Å²) in [6.45, 7) is 1.09. The van der Waals surface area contributed by atoms with Crippen LogP contribution in [0.25, 0.3) is 0 Å². The molecular weight excluding hydrogens is 317 g/mol. The molecule has 0 aromatic heterocycles. The van der Waals surface area contributed by atoms with E-state index < -0.39 is 24.0 Å². The third-order valence-electron chi connectivity index (χ3n) is 2.54. The Labute approximate surface area is 130 Å². The van der Waals surface area contributed by atoms with Gasteiger partial charge in [0, 0.05) is 25.6 Å². The van der Waals surface area contributed by atoms with Crippen LogP contribution in [0.3, 0.4) is 0 Å². The van der Waals surface area contributed by atoms with Crippen molar-refractivity contribution in [3.05, 3.63) is 29.8 Å². The summed E-state index contributed by atoms with van der Waals surface area (Å²) in [5.74, 6) is -2.80. The van der Waals surface area contributed by atoms with Gasteiger partial charge in [-0.15, -0.1) is 0 Å². The van der Waals surface area contributed by atoms with Crippen LogP contribution < -0.4 is 15.4 Å². The van der Waals surface area contributed by atoms with E-state index in [9.17, 15) is 27.6 Å². The average molecular weight is 332 g/mol. The Balaban J connectivity index is 2.37. The molecule has 1 rings (SSSR count). The molecule has 2 N–H and O–H groups in total. The van der Waals surface area contributed by atoms with Crippen molar-refractivity contribution >= 4 is 17.8 Å². The zero-order valence-electron chi connectivity index (χ0n) is 12.2. The maximum Gasteiger partial charge on any atom is 0.471 e. The zero-order valence-corrected chi connectivity index (χ0v) is 12.2. The molecule has 0 bridgehead atoms. The minimum Gasteiger partial charge on any atom is -0.427 e. The molecule has 126 valence electrons. The average Bonchev–Trinajstić information content (AvgIpc) is 2.45. The molecule has 0 saturated heterocycles. The minimum absolute atomic E-state index is 0.0781. The van der Waals surface area contributed by atoms with E-state index in [0.717, 1.165) is 0 Å². The predicted molar refractivity (Wildman–Crippen MR) is 73.8 cm³/mol. The molecular formula is C14H15F3N2O4. The van der Waals surface area contributed by atoms with Crippen LogP contribution in [0.5, 0.6) is 5.75 Å². The van der Waals surface area contributed by atoms with Gasteiger partial charge in [0.1, 0.15) is 5.75 Å². The molecule has 9 heteroatoms. The van der Waals surface area contributed by atoms with Gasteiger partial charge in [0.15, 0.2) is 0 Å². The summed E-state index contributed by atoms with van der Waals surface area (Å²) in [7, 11) is 0. The predicted octanol–water partition coefficient (Wildman–Crippen LogP) is 1.41. The number of benzene rings is 1. The van der Waals surface area contributed by atoms with E-state index in [2.05, 4.69) is 5.32 Å². The molecule has 2 amide bonds. The zero-order chi connectivity index (χ0) is 17.5. The standard InChI is InChI=1S/C14H15F3N2O4/c1-9(20)23-11-5-2-4-10(8-11)12(21)18-6-3-7-19-13(22)14(15,16)17/h2,4-5,8H,3,6-7H2,1H3,(H,18,21)(H,19,22). The van der Waals surface area contributed by atoms with Crippen molar-refractivity contribution < 1.29 is 32.3 Å². The first-order valence-electron chi connectivity index (χ1n) is 6.62. The fourth-order valence-corrected chi connectivity index (χ4v) is 1.56. The molecule has 0 aliphatic carbocycles. The lowest BCUT2D eigenvalue weighted by Crippen LogP contribution is -2.38. The topological polar surface area (TPSA) is 84.5 Å². The van der Waals surface area contributed by atoms with Gasteiger partial charge < -0.3 is 15.4 Å². The molecule has 23 heavy (non-hydrogen) atoms. The Hall–Kier alpha value is -2.58. The largest absolute Gasteiger partial charge is 0.471 e. The van der Waals surface area contributed by atoms with Crippen molar-refractivity contribution in [3.8, 4) is 5.75 Å². The Morgan fingerprint density at radius 1 is 1.13 bits per heavy atom. The van der Waals surface area contributed by atoms with Crippen molar-refractivity contribution in [2.45, 2.75) is 19.5 Å². The van der Waals surface area contributed by atoms with E-state index >= 15 is 0 Å². The van der Waals surface area contributed by atoms with Gasteiger partial charge >= 0.3 is 18.1 Å². The molecule has 0 saturated carbocycles. The first-order chi connectivity index (χ1) is 10.7. The Morgan fingerprint density at radius 2 is 1.78 bits per heavy atom. The summed E-state index contributed by atoms with van der Waals surface area (Å²) in [4.78, 5) is 33.2. The number of esters is 1. The number of rotatable bonds is 6. The maximum absolute atomic E-state index is 11.9. The van der Waals surface area contributed by atoms with Crippen LogP contribution in [0.15, 0.2) is 24.3 Å². The van der Waals surface area contributed by atoms with E-state index in [4.69, 9.17) is 4.74 Å². The first kappa shape index (κ1) is 18.5. The van der Waals surface area contributed by atoms with Crippen molar-refractivity contribution in [1.29, 1.82) is 0 Å². The number of halogens is 3. The van der Waals surface area contributed by atoms with Gasteiger partial charge in [0.05, 0.1) is 0 Å². The van der Waals surface area contributed by atoms with Crippen molar-refractivity contribution in [3.63, 3.8) is 0 Å². The number of nitrogens with one attached hydrogen (secondary N) is 2. The molecule has 0 fully saturated rings. The van der Waals surface area contributed by atoms with Gasteiger partial charge in [0.2, 0.25) is 0 Å². The van der Waals surface area contributed by atoms with E-state index in [1.807, 2.05) is 0 Å². The molecule has 0 radical (unpaired) electrons. The highest BCUT2D eigenvalue weighted by molar-refractivity contribution is 5.94. The fraction of sp³-hybridized carbons (Fsp3) is 0.357. The van der Waals surface area contributed by atoms with E-state index in [1.165, 1.54) is 31.2 Å². The second kappa shape index (κ2) is 8.16. The first-order valence-corrected chi connectivity index (χ1v) is 6.62. The van der Waals surface area contributed by atoms with Crippen LogP contribution in [0.4, 0.5) is 13.2 Å². The SMILES string of the molecule is CC(=O)Oc1cccc(C(=O)NCCCNC(=O)C(F)(F)F)c1. The van der Waals surface area contributed by atoms with Gasteiger partial charge in [-0.3, -0.25) is 14.4 Å². The summed E-state index contributed by atoms with van der Waals surface area (Å²) < 4.78 is 40.6. The molecule has 1 aromatic rings. The van der Waals surface area contributed by atoms with Crippen molar-refractivity contribution in [1.82, 2.24) is 10.6 Å². The third-order valence-corrected chi connectivity index (χ3v) is 2.54. The quantitative estimate of drug-likeness (QED) is 0.469. The summed E-state index contributed by atoms with van der Waals surface area (Å²) >= 11 is 0. The Kier molecular flexibility index (Phi) is 6.55. The van der Waals surface area contributed by atoms with Crippen molar-refractivity contribution in [2.75, 3.05) is 13.1 Å². The number of hydrogen-bond acceptors (Lipinski definition) is 4. The van der Waals surface area contributed by atoms with Crippen LogP contribution in [0.1, 0.15) is 23.7 Å². The number of ether oxygens (including phenoxy) is 1. The Morgan fingerprint density at radius 3 is 2.39 bits per heavy atom. The molecule has 1 aromatic carbocycles. The second-order valence-corrected chi connectivity index (χ2v) is 4.48. The normalized spacial score (nSPS) is 10.8. The molecule has 0 unspecified atom stereocenters. The van der Waals surface area contributed by atoms with Gasteiger partial charge in [-0.1, -0.05) is 6.07 Å². The molecule has 0 atom stereocenters. The highest BCUT2D eigenvalue weighted by Gasteiger charge is 2.38. The van der Waals surface area contributed by atoms with Gasteiger partial charge in [-0.2, -0.15) is 13.2 Å². The smallest absolute Gasteiger partial charge is 0.427 e. The molecule has 0 aliphatic heterocycles. The van der Waals surface area contributed by atoms with Crippen LogP contribution in [0, 0.1) is 0 Å². The monoisotopic (exact) mass is 332 g/mol. The summed E-state index contributed by atoms with van der Waals surface area (Å²) in [6.07, 6.45) is -4.78. The molecule has 0 aliphatic rings. The number of amides is 2. The minimum atomic E-state index is -4.92. The summed E-state index contributed by atoms with van der Waals surface area (Å²) in [5.41, 5.74) is 0.239. The molecule has 6 nitrogen and oxygen atoms in total. The maximum atomic E-state index is 11.9. The number of carbonyl (C=O) groups is 3. The van der Waals surface area contributed by atoms with E-state index in [-0.39, 0.29) is 30.8 Å². The van der Waals surface area contributed by atoms with E-state index in [1.54, 1.807) is 5.32 Å². The van der Waals surface area contributed by atoms with Crippen LogP contribution >= 0.6 is 0 Å². The number of carbonyl (C=O) groups excluding carboxylic acids is 3. The fourth-order valence-electron chi connectivity index (χ4n) is 1.56. The molecule has 0 heterocycles. The lowest BCUT2D eigenvalue weighted by molar-refractivity contribution is -0.173. The van der Waals surface area contributed by atoms with Crippen LogP contribution in [-0.2, 0) is 9.59 Å². The van der Waals surface area contributed by atoms with Crippen LogP contribution in [-0.4, -0.2) is 37.0 Å². The lowest BCUT2D eigenvalue weighted by atomic mass is 10.2. The van der Waals surface area contributed by atoms with Crippen molar-refractivity contribution in [2.24, 2.45) is 0 Å². The third kappa shape index (κ3) is 6.81. The highest BCUT2D eigenvalue weighted by atomic mass is 19.4.